The summed E-state index contributed by atoms with van der Waals surface area (Å²) in [6.07, 6.45) is 3.04. The maximum Gasteiger partial charge on any atom is 0.306 e. The fraction of sp³-hybridized carbons (Fsp3) is 0.300. The van der Waals surface area contributed by atoms with E-state index in [0.717, 1.165) is 35.1 Å². The van der Waals surface area contributed by atoms with Gasteiger partial charge in [0.2, 0.25) is 0 Å². The molecule has 0 unspecified atom stereocenters. The molecular weight excluding hydrogens is 450 g/mol. The maximum atomic E-state index is 12.7. The number of carboxylic acids is 1. The van der Waals surface area contributed by atoms with E-state index in [1.54, 1.807) is 0 Å². The van der Waals surface area contributed by atoms with Crippen molar-refractivity contribution in [2.75, 3.05) is 6.54 Å². The summed E-state index contributed by atoms with van der Waals surface area (Å²) in [5, 5.41) is 9.41. The first-order valence-electron chi connectivity index (χ1n) is 12.3. The molecule has 3 aromatic rings. The lowest BCUT2D eigenvalue weighted by molar-refractivity contribution is -0.143. The van der Waals surface area contributed by atoms with Crippen molar-refractivity contribution in [3.63, 3.8) is 0 Å². The van der Waals surface area contributed by atoms with Gasteiger partial charge >= 0.3 is 5.97 Å². The van der Waals surface area contributed by atoms with Gasteiger partial charge in [0.25, 0.3) is 0 Å². The molecule has 1 aliphatic carbocycles. The molecule has 1 saturated carbocycles. The Bertz CT molecular complexity index is 1230. The highest BCUT2D eigenvalue weighted by atomic mass is 16.4. The number of nitrogens with two attached hydrogens (primary N) is 2. The fourth-order valence-electron chi connectivity index (χ4n) is 5.06. The summed E-state index contributed by atoms with van der Waals surface area (Å²) in [6.45, 7) is 2.48. The van der Waals surface area contributed by atoms with Crippen LogP contribution in [0.4, 0.5) is 0 Å². The molecule has 0 amide bonds. The van der Waals surface area contributed by atoms with Gasteiger partial charge in [-0.3, -0.25) is 14.6 Å². The molecule has 0 radical (unpaired) electrons. The lowest BCUT2D eigenvalue weighted by atomic mass is 9.66. The number of hydrogen-bond donors (Lipinski definition) is 3. The topological polar surface area (TPSA) is 119 Å². The van der Waals surface area contributed by atoms with Gasteiger partial charge in [-0.15, -0.1) is 0 Å². The smallest absolute Gasteiger partial charge is 0.306 e. The van der Waals surface area contributed by atoms with E-state index < -0.39 is 5.97 Å². The van der Waals surface area contributed by atoms with Gasteiger partial charge in [-0.25, -0.2) is 0 Å². The van der Waals surface area contributed by atoms with Crippen LogP contribution in [0.1, 0.15) is 52.7 Å². The van der Waals surface area contributed by atoms with Gasteiger partial charge < -0.3 is 16.6 Å². The second-order valence-electron chi connectivity index (χ2n) is 9.87. The number of ketones is 1. The van der Waals surface area contributed by atoms with Crippen LogP contribution in [0, 0.1) is 12.8 Å². The highest BCUT2D eigenvalue weighted by Gasteiger charge is 2.38. The quantitative estimate of drug-likeness (QED) is 0.240. The minimum absolute atomic E-state index is 0.0448. The number of carbonyl (C=O) groups is 2. The molecule has 5 N–H and O–H groups in total. The van der Waals surface area contributed by atoms with Gasteiger partial charge in [-0.1, -0.05) is 78.4 Å². The van der Waals surface area contributed by atoms with Crippen molar-refractivity contribution in [2.24, 2.45) is 22.4 Å². The Hall–Kier alpha value is -3.93. The molecule has 6 heteroatoms. The van der Waals surface area contributed by atoms with Crippen molar-refractivity contribution in [3.05, 3.63) is 95.1 Å². The molecule has 0 atom stereocenters. The number of benzene rings is 3. The molecule has 0 aromatic heterocycles. The summed E-state index contributed by atoms with van der Waals surface area (Å²) in [5.41, 5.74) is 17.0. The van der Waals surface area contributed by atoms with Gasteiger partial charge in [0.05, 0.1) is 12.5 Å². The van der Waals surface area contributed by atoms with Crippen LogP contribution in [-0.4, -0.2) is 29.4 Å². The molecule has 0 saturated heterocycles. The molecule has 0 bridgehead atoms. The molecule has 6 nitrogen and oxygen atoms in total. The Morgan fingerprint density at radius 1 is 0.889 bits per heavy atom. The number of aliphatic carboxylic acids is 1. The minimum atomic E-state index is -0.735. The van der Waals surface area contributed by atoms with Crippen molar-refractivity contribution >= 4 is 17.7 Å². The molecule has 0 aliphatic heterocycles. The SMILES string of the molecule is Cc1ccc(CC(=O)c2ccc(-c3ccc(C4(CN=C(N)N)CCC(C(=O)O)CC4)cc3)cc2)cc1. The fourth-order valence-corrected chi connectivity index (χ4v) is 5.06. The van der Waals surface area contributed by atoms with Crippen LogP contribution in [0.3, 0.4) is 0 Å². The van der Waals surface area contributed by atoms with Crippen molar-refractivity contribution in [2.45, 2.75) is 44.4 Å². The number of hydrogen-bond acceptors (Lipinski definition) is 3. The summed E-state index contributed by atoms with van der Waals surface area (Å²) >= 11 is 0. The van der Waals surface area contributed by atoms with Crippen LogP contribution < -0.4 is 11.5 Å². The highest BCUT2D eigenvalue weighted by Crippen LogP contribution is 2.42. The number of Topliss-reactive ketones (excluding diaryl/α,β-unsaturated/α-hetero) is 1. The standard InChI is InChI=1S/C30H33N3O3/c1-20-2-4-21(5-3-20)18-27(34)24-8-6-22(7-9-24)23-10-12-26(13-11-23)30(19-33-29(31)32)16-14-25(15-17-30)28(35)36/h2-13,25H,14-19H2,1H3,(H,35,36)(H4,31,32,33). The molecule has 0 spiro atoms. The number of carboxylic acid groups (broad SMARTS) is 1. The van der Waals surface area contributed by atoms with Crippen LogP contribution in [0.25, 0.3) is 11.1 Å². The van der Waals surface area contributed by atoms with Crippen molar-refractivity contribution in [3.8, 4) is 11.1 Å². The summed E-state index contributed by atoms with van der Waals surface area (Å²) in [7, 11) is 0. The third-order valence-corrected chi connectivity index (χ3v) is 7.38. The number of aliphatic imine (C=N–C) groups is 1. The van der Waals surface area contributed by atoms with Crippen molar-refractivity contribution in [1.82, 2.24) is 0 Å². The summed E-state index contributed by atoms with van der Waals surface area (Å²) in [5.74, 6) is -0.909. The first-order chi connectivity index (χ1) is 17.3. The predicted molar refractivity (Wildman–Crippen MR) is 143 cm³/mol. The molecule has 1 fully saturated rings. The molecule has 36 heavy (non-hydrogen) atoms. The lowest BCUT2D eigenvalue weighted by Gasteiger charge is -2.38. The number of aryl methyl sites for hydroxylation is 1. The van der Waals surface area contributed by atoms with Crippen molar-refractivity contribution in [1.29, 1.82) is 0 Å². The van der Waals surface area contributed by atoms with Crippen LogP contribution in [-0.2, 0) is 16.6 Å². The number of carbonyl (C=O) groups excluding carboxylic acids is 1. The second kappa shape index (κ2) is 10.8. The third kappa shape index (κ3) is 5.82. The summed E-state index contributed by atoms with van der Waals surface area (Å²) < 4.78 is 0. The Morgan fingerprint density at radius 2 is 1.44 bits per heavy atom. The summed E-state index contributed by atoms with van der Waals surface area (Å²) in [4.78, 5) is 28.5. The van der Waals surface area contributed by atoms with Crippen LogP contribution in [0.2, 0.25) is 0 Å². The molecule has 186 valence electrons. The summed E-state index contributed by atoms with van der Waals surface area (Å²) in [6, 6.07) is 24.1. The average molecular weight is 484 g/mol. The van der Waals surface area contributed by atoms with E-state index in [0.29, 0.717) is 31.4 Å². The maximum absolute atomic E-state index is 12.7. The first kappa shape index (κ1) is 25.2. The zero-order valence-electron chi connectivity index (χ0n) is 20.6. The van der Waals surface area contributed by atoms with E-state index in [4.69, 9.17) is 11.5 Å². The van der Waals surface area contributed by atoms with E-state index in [-0.39, 0.29) is 23.1 Å². The minimum Gasteiger partial charge on any atom is -0.481 e. The monoisotopic (exact) mass is 483 g/mol. The van der Waals surface area contributed by atoms with E-state index >= 15 is 0 Å². The van der Waals surface area contributed by atoms with Crippen LogP contribution in [0.5, 0.6) is 0 Å². The van der Waals surface area contributed by atoms with E-state index in [9.17, 15) is 14.7 Å². The Morgan fingerprint density at radius 3 is 1.97 bits per heavy atom. The molecule has 0 heterocycles. The van der Waals surface area contributed by atoms with Crippen LogP contribution >= 0.6 is 0 Å². The molecule has 3 aromatic carbocycles. The third-order valence-electron chi connectivity index (χ3n) is 7.38. The van der Waals surface area contributed by atoms with Gasteiger partial charge in [0.1, 0.15) is 0 Å². The lowest BCUT2D eigenvalue weighted by Crippen LogP contribution is -2.38. The first-order valence-corrected chi connectivity index (χ1v) is 12.3. The van der Waals surface area contributed by atoms with Crippen LogP contribution in [0.15, 0.2) is 77.8 Å². The number of guanidine groups is 1. The molecule has 1 aliphatic rings. The zero-order valence-corrected chi connectivity index (χ0v) is 20.6. The highest BCUT2D eigenvalue weighted by molar-refractivity contribution is 5.97. The van der Waals surface area contributed by atoms with Gasteiger partial charge in [-0.2, -0.15) is 0 Å². The molecular formula is C30H33N3O3. The Labute approximate surface area is 212 Å². The van der Waals surface area contributed by atoms with E-state index in [2.05, 4.69) is 29.3 Å². The normalized spacial score (nSPS) is 19.4. The van der Waals surface area contributed by atoms with Gasteiger partial charge in [0, 0.05) is 17.4 Å². The average Bonchev–Trinajstić information content (AvgIpc) is 2.89. The largest absolute Gasteiger partial charge is 0.481 e. The Balaban J connectivity index is 1.49. The van der Waals surface area contributed by atoms with E-state index in [1.165, 1.54) is 5.56 Å². The number of nitrogens with zero attached hydrogens (tertiary/aromatic N) is 1. The second-order valence-corrected chi connectivity index (χ2v) is 9.87. The predicted octanol–water partition coefficient (Wildman–Crippen LogP) is 4.87. The Kier molecular flexibility index (Phi) is 7.53. The number of rotatable bonds is 8. The molecule has 4 rings (SSSR count). The van der Waals surface area contributed by atoms with Gasteiger partial charge in [0.15, 0.2) is 11.7 Å². The zero-order chi connectivity index (χ0) is 25.7. The van der Waals surface area contributed by atoms with Crippen molar-refractivity contribution < 1.29 is 14.7 Å². The van der Waals surface area contributed by atoms with E-state index in [1.807, 2.05) is 55.5 Å². The van der Waals surface area contributed by atoms with Gasteiger partial charge in [-0.05, 0) is 54.9 Å².